The molecule has 0 radical (unpaired) electrons. The van der Waals surface area contributed by atoms with E-state index < -0.39 is 0 Å². The zero-order valence-corrected chi connectivity index (χ0v) is 39.9. The second-order valence-corrected chi connectivity index (χ2v) is 20.4. The molecule has 74 heavy (non-hydrogen) atoms. The average Bonchev–Trinajstić information content (AvgIpc) is 4.40. The molecule has 4 heteroatoms. The van der Waals surface area contributed by atoms with Gasteiger partial charge in [0, 0.05) is 87.1 Å². The molecule has 340 valence electrons. The Morgan fingerprint density at radius 1 is 0.216 bits per heavy atom. The molecule has 6 aromatic heterocycles. The average molecular weight is 937 g/mol. The van der Waals surface area contributed by atoms with Crippen molar-refractivity contribution in [3.8, 4) is 33.6 Å². The van der Waals surface area contributed by atoms with Gasteiger partial charge in [0.2, 0.25) is 0 Å². The first-order valence-corrected chi connectivity index (χ1v) is 25.7. The number of nitrogens with zero attached hydrogens (tertiary/aromatic N) is 4. The highest BCUT2D eigenvalue weighted by Gasteiger charge is 2.27. The Labute approximate surface area is 422 Å². The lowest BCUT2D eigenvalue weighted by Gasteiger charge is -2.10. The van der Waals surface area contributed by atoms with Crippen LogP contribution in [0.5, 0.6) is 0 Å². The smallest absolute Gasteiger partial charge is 0.0627 e. The molecule has 0 N–H and O–H groups in total. The van der Waals surface area contributed by atoms with Gasteiger partial charge in [-0.25, -0.2) is 0 Å². The first-order chi connectivity index (χ1) is 36.7. The molecule has 0 unspecified atom stereocenters. The Kier molecular flexibility index (Phi) is 7.31. The number of rotatable bonds is 4. The van der Waals surface area contributed by atoms with Gasteiger partial charge in [-0.2, -0.15) is 0 Å². The van der Waals surface area contributed by atoms with Crippen LogP contribution in [0.15, 0.2) is 243 Å². The van der Waals surface area contributed by atoms with E-state index in [1.165, 1.54) is 164 Å². The Hall–Kier alpha value is -9.90. The lowest BCUT2D eigenvalue weighted by molar-refractivity contribution is 1.18. The number of aromatic nitrogens is 4. The molecular formula is C70H40N4. The van der Waals surface area contributed by atoms with Crippen molar-refractivity contribution in [2.45, 2.75) is 0 Å². The van der Waals surface area contributed by atoms with Gasteiger partial charge in [-0.15, -0.1) is 0 Å². The van der Waals surface area contributed by atoms with E-state index in [0.717, 1.165) is 0 Å². The number of benzene rings is 12. The Morgan fingerprint density at radius 2 is 0.635 bits per heavy atom. The highest BCUT2D eigenvalue weighted by Crippen LogP contribution is 2.50. The summed E-state index contributed by atoms with van der Waals surface area (Å²) in [6.07, 6.45) is 0. The van der Waals surface area contributed by atoms with Crippen LogP contribution in [0.3, 0.4) is 0 Å². The molecule has 18 aromatic rings. The first-order valence-electron chi connectivity index (χ1n) is 25.7. The predicted octanol–water partition coefficient (Wildman–Crippen LogP) is 18.7. The van der Waals surface area contributed by atoms with Gasteiger partial charge in [0.15, 0.2) is 0 Å². The second kappa shape index (κ2) is 13.9. The van der Waals surface area contributed by atoms with E-state index in [-0.39, 0.29) is 0 Å². The van der Waals surface area contributed by atoms with Crippen LogP contribution in [0.4, 0.5) is 0 Å². The third kappa shape index (κ3) is 4.83. The van der Waals surface area contributed by atoms with Crippen LogP contribution in [0.25, 0.3) is 164 Å². The van der Waals surface area contributed by atoms with Gasteiger partial charge in [-0.3, -0.25) is 0 Å². The summed E-state index contributed by atoms with van der Waals surface area (Å²) in [6.45, 7) is 0. The maximum absolute atomic E-state index is 2.62. The molecular weight excluding hydrogens is 897 g/mol. The van der Waals surface area contributed by atoms with Crippen LogP contribution in [-0.4, -0.2) is 17.9 Å². The maximum Gasteiger partial charge on any atom is 0.0627 e. The largest absolute Gasteiger partial charge is 0.309 e. The van der Waals surface area contributed by atoms with Gasteiger partial charge in [0.25, 0.3) is 0 Å². The third-order valence-corrected chi connectivity index (χ3v) is 16.8. The Bertz CT molecular complexity index is 5420. The van der Waals surface area contributed by atoms with E-state index >= 15 is 0 Å². The summed E-state index contributed by atoms with van der Waals surface area (Å²) in [7, 11) is 0. The molecule has 0 aliphatic carbocycles. The fraction of sp³-hybridized carbons (Fsp3) is 0. The van der Waals surface area contributed by atoms with Gasteiger partial charge < -0.3 is 17.9 Å². The Morgan fingerprint density at radius 3 is 1.24 bits per heavy atom. The second-order valence-electron chi connectivity index (χ2n) is 20.4. The van der Waals surface area contributed by atoms with Gasteiger partial charge in [0.05, 0.1) is 55.2 Å². The van der Waals surface area contributed by atoms with Crippen LogP contribution >= 0.6 is 0 Å². The van der Waals surface area contributed by atoms with Crippen molar-refractivity contribution in [2.75, 3.05) is 0 Å². The summed E-state index contributed by atoms with van der Waals surface area (Å²) in [4.78, 5) is 0. The molecule has 0 bridgehead atoms. The van der Waals surface area contributed by atoms with Crippen molar-refractivity contribution >= 4 is 131 Å². The van der Waals surface area contributed by atoms with Crippen LogP contribution in [0, 0.1) is 0 Å². The van der Waals surface area contributed by atoms with Gasteiger partial charge >= 0.3 is 0 Å². The van der Waals surface area contributed by atoms with Crippen LogP contribution in [0.1, 0.15) is 0 Å². The molecule has 4 nitrogen and oxygen atoms in total. The van der Waals surface area contributed by atoms with E-state index in [2.05, 4.69) is 261 Å². The van der Waals surface area contributed by atoms with E-state index in [1.54, 1.807) is 0 Å². The summed E-state index contributed by atoms with van der Waals surface area (Å²) in [5.74, 6) is 0. The van der Waals surface area contributed by atoms with Crippen molar-refractivity contribution in [1.29, 1.82) is 0 Å². The van der Waals surface area contributed by atoms with Crippen molar-refractivity contribution in [1.82, 2.24) is 17.9 Å². The van der Waals surface area contributed by atoms with Crippen molar-refractivity contribution in [3.63, 3.8) is 0 Å². The summed E-state index contributed by atoms with van der Waals surface area (Å²) in [5, 5.41) is 17.8. The van der Waals surface area contributed by atoms with Gasteiger partial charge in [-0.1, -0.05) is 164 Å². The highest BCUT2D eigenvalue weighted by atomic mass is 15.0. The minimum absolute atomic E-state index is 1.17. The van der Waals surface area contributed by atoms with E-state index in [1.807, 2.05) is 0 Å². The van der Waals surface area contributed by atoms with E-state index in [0.29, 0.717) is 0 Å². The summed E-state index contributed by atoms with van der Waals surface area (Å²) >= 11 is 0. The SMILES string of the molecule is c1ccc(-n2c3ccccc3c3cc(-c4cccc5c6cccc7c8cc9c(cc8n(c45)c76)c4c5ccccc5cc5c6cccc(-c7ccc8c(c7)c7ccccc7n8-c7ccccc7)c6n9c54)ccc32)cc1. The maximum atomic E-state index is 2.62. The standard InChI is InChI=1S/C70H40N4/c1-3-17-44(18-4-1)71-60-30-11-9-22-49(60)55-36-42(32-34-62(55)71)47-24-13-26-51-52-27-15-28-53-57-39-65-59(40-64(57)73(67(47)51)69(52)53)66-46-21-8-7-16-41(46)38-58-54-29-14-25-48(68(54)74(65)70(58)66)43-33-35-63-56(37-43)50-23-10-12-31-61(50)72(63)45-19-5-2-6-20-45/h1-40H. The van der Waals surface area contributed by atoms with Crippen molar-refractivity contribution in [2.24, 2.45) is 0 Å². The van der Waals surface area contributed by atoms with Crippen LogP contribution < -0.4 is 0 Å². The molecule has 0 aliphatic rings. The summed E-state index contributed by atoms with van der Waals surface area (Å²) in [6, 6.07) is 90.6. The molecule has 6 heterocycles. The summed E-state index contributed by atoms with van der Waals surface area (Å²) in [5.41, 5.74) is 19.6. The normalized spacial score (nSPS) is 12.6. The molecule has 0 amide bonds. The number of para-hydroxylation sites is 7. The van der Waals surface area contributed by atoms with Crippen molar-refractivity contribution in [3.05, 3.63) is 243 Å². The fourth-order valence-electron chi connectivity index (χ4n) is 13.8. The zero-order valence-electron chi connectivity index (χ0n) is 39.9. The fourth-order valence-corrected chi connectivity index (χ4v) is 13.8. The molecule has 0 atom stereocenters. The van der Waals surface area contributed by atoms with E-state index in [9.17, 15) is 0 Å². The third-order valence-electron chi connectivity index (χ3n) is 16.8. The minimum atomic E-state index is 1.17. The molecule has 0 aliphatic heterocycles. The topological polar surface area (TPSA) is 18.7 Å². The van der Waals surface area contributed by atoms with Gasteiger partial charge in [0.1, 0.15) is 0 Å². The minimum Gasteiger partial charge on any atom is -0.309 e. The summed E-state index contributed by atoms with van der Waals surface area (Å²) < 4.78 is 10.0. The van der Waals surface area contributed by atoms with Crippen LogP contribution in [0.2, 0.25) is 0 Å². The zero-order chi connectivity index (χ0) is 47.9. The Balaban J connectivity index is 0.932. The quantitative estimate of drug-likeness (QED) is 0.167. The highest BCUT2D eigenvalue weighted by molar-refractivity contribution is 6.35. The number of hydrogen-bond acceptors (Lipinski definition) is 0. The monoisotopic (exact) mass is 936 g/mol. The molecule has 0 spiro atoms. The predicted molar refractivity (Wildman–Crippen MR) is 313 cm³/mol. The van der Waals surface area contributed by atoms with Crippen LogP contribution in [-0.2, 0) is 0 Å². The lowest BCUT2D eigenvalue weighted by atomic mass is 9.97. The number of hydrogen-bond donors (Lipinski definition) is 0. The first kappa shape index (κ1) is 38.8. The molecule has 0 saturated carbocycles. The van der Waals surface area contributed by atoms with Crippen molar-refractivity contribution < 1.29 is 0 Å². The molecule has 0 fully saturated rings. The molecule has 12 aromatic carbocycles. The molecule has 0 saturated heterocycles. The van der Waals surface area contributed by atoms with Gasteiger partial charge in [-0.05, 0) is 101 Å². The lowest BCUT2D eigenvalue weighted by Crippen LogP contribution is -1.93. The van der Waals surface area contributed by atoms with E-state index in [4.69, 9.17) is 0 Å². The number of fused-ring (bicyclic) bond motifs is 20. The molecule has 18 rings (SSSR count).